The Labute approximate surface area is 85.7 Å². The van der Waals surface area contributed by atoms with Gasteiger partial charge in [0.1, 0.15) is 0 Å². The summed E-state index contributed by atoms with van der Waals surface area (Å²) in [5.74, 6) is 0. The van der Waals surface area contributed by atoms with Crippen molar-refractivity contribution in [1.29, 1.82) is 0 Å². The van der Waals surface area contributed by atoms with Gasteiger partial charge in [0, 0.05) is 30.4 Å². The van der Waals surface area contributed by atoms with Crippen molar-refractivity contribution in [3.63, 3.8) is 0 Å². The van der Waals surface area contributed by atoms with Gasteiger partial charge >= 0.3 is 0 Å². The van der Waals surface area contributed by atoms with Gasteiger partial charge in [-0.3, -0.25) is 4.98 Å². The van der Waals surface area contributed by atoms with Crippen molar-refractivity contribution in [2.24, 2.45) is 0 Å². The molecule has 1 fully saturated rings. The topological polar surface area (TPSA) is 24.9 Å². The zero-order chi connectivity index (χ0) is 10.0. The van der Waals surface area contributed by atoms with E-state index in [0.717, 1.165) is 6.54 Å². The summed E-state index contributed by atoms with van der Waals surface area (Å²) in [6.45, 7) is 5.50. The Hall–Kier alpha value is -0.890. The second-order valence-corrected chi connectivity index (χ2v) is 4.55. The summed E-state index contributed by atoms with van der Waals surface area (Å²) in [5.41, 5.74) is 1.87. The maximum Gasteiger partial charge on any atom is 0.0270 e. The minimum Gasteiger partial charge on any atom is -0.314 e. The first kappa shape index (κ1) is 9.66. The van der Waals surface area contributed by atoms with Gasteiger partial charge in [-0.05, 0) is 30.5 Å². The van der Waals surface area contributed by atoms with Crippen molar-refractivity contribution < 1.29 is 0 Å². The molecule has 2 rings (SSSR count). The average molecular weight is 190 g/mol. The molecule has 1 aromatic heterocycles. The van der Waals surface area contributed by atoms with Gasteiger partial charge in [-0.2, -0.15) is 0 Å². The van der Waals surface area contributed by atoms with E-state index in [2.05, 4.69) is 36.3 Å². The van der Waals surface area contributed by atoms with E-state index in [0.29, 0.717) is 11.5 Å². The molecule has 0 unspecified atom stereocenters. The van der Waals surface area contributed by atoms with Crippen LogP contribution in [0.5, 0.6) is 0 Å². The smallest absolute Gasteiger partial charge is 0.0270 e. The van der Waals surface area contributed by atoms with Crippen LogP contribution in [0, 0.1) is 0 Å². The number of hydrogen-bond donors (Lipinski definition) is 1. The number of rotatable bonds is 4. The first-order valence-corrected chi connectivity index (χ1v) is 5.37. The highest BCUT2D eigenvalue weighted by Crippen LogP contribution is 2.47. The molecule has 0 atom stereocenters. The summed E-state index contributed by atoms with van der Waals surface area (Å²) in [4.78, 5) is 4.06. The van der Waals surface area contributed by atoms with E-state index in [1.165, 1.54) is 18.4 Å². The van der Waals surface area contributed by atoms with Crippen molar-refractivity contribution in [2.75, 3.05) is 6.54 Å². The minimum atomic E-state index is 0.424. The van der Waals surface area contributed by atoms with Gasteiger partial charge in [0.05, 0.1) is 0 Å². The van der Waals surface area contributed by atoms with Gasteiger partial charge in [0.2, 0.25) is 0 Å². The summed E-state index contributed by atoms with van der Waals surface area (Å²) in [5, 5.41) is 3.53. The molecule has 0 bridgehead atoms. The molecule has 0 aromatic carbocycles. The molecular formula is C12H18N2. The standard InChI is InChI=1S/C12H18N2/c1-10(2)14-9-12(5-6-12)11-3-7-13-8-4-11/h3-4,7-8,10,14H,5-6,9H2,1-2H3. The number of aromatic nitrogens is 1. The molecule has 2 heteroatoms. The van der Waals surface area contributed by atoms with Crippen LogP contribution in [-0.4, -0.2) is 17.6 Å². The lowest BCUT2D eigenvalue weighted by atomic mass is 9.97. The molecule has 1 aliphatic carbocycles. The highest BCUT2D eigenvalue weighted by atomic mass is 14.9. The second kappa shape index (κ2) is 3.70. The van der Waals surface area contributed by atoms with Crippen LogP contribution in [0.1, 0.15) is 32.3 Å². The molecule has 0 aliphatic heterocycles. The van der Waals surface area contributed by atoms with E-state index in [4.69, 9.17) is 0 Å². The fourth-order valence-corrected chi connectivity index (χ4v) is 1.82. The molecule has 1 heterocycles. The third kappa shape index (κ3) is 1.95. The van der Waals surface area contributed by atoms with Gasteiger partial charge in [0.25, 0.3) is 0 Å². The minimum absolute atomic E-state index is 0.424. The van der Waals surface area contributed by atoms with Gasteiger partial charge in [-0.25, -0.2) is 0 Å². The van der Waals surface area contributed by atoms with Crippen LogP contribution in [0.2, 0.25) is 0 Å². The second-order valence-electron chi connectivity index (χ2n) is 4.55. The van der Waals surface area contributed by atoms with E-state index in [1.807, 2.05) is 12.4 Å². The first-order valence-electron chi connectivity index (χ1n) is 5.37. The van der Waals surface area contributed by atoms with E-state index in [-0.39, 0.29) is 0 Å². The van der Waals surface area contributed by atoms with Gasteiger partial charge in [0.15, 0.2) is 0 Å². The Morgan fingerprint density at radius 2 is 2.00 bits per heavy atom. The highest BCUT2D eigenvalue weighted by molar-refractivity contribution is 5.29. The summed E-state index contributed by atoms with van der Waals surface area (Å²) in [6, 6.07) is 4.87. The predicted molar refractivity (Wildman–Crippen MR) is 58.3 cm³/mol. The third-order valence-electron chi connectivity index (χ3n) is 2.99. The Morgan fingerprint density at radius 3 is 2.50 bits per heavy atom. The Morgan fingerprint density at radius 1 is 1.36 bits per heavy atom. The van der Waals surface area contributed by atoms with Crippen molar-refractivity contribution in [3.05, 3.63) is 30.1 Å². The summed E-state index contributed by atoms with van der Waals surface area (Å²) in [6.07, 6.45) is 6.42. The largest absolute Gasteiger partial charge is 0.314 e. The van der Waals surface area contributed by atoms with Gasteiger partial charge < -0.3 is 5.32 Å². The maximum atomic E-state index is 4.06. The predicted octanol–water partition coefficient (Wildman–Crippen LogP) is 2.11. The summed E-state index contributed by atoms with van der Waals surface area (Å²) >= 11 is 0. The number of nitrogens with one attached hydrogen (secondary N) is 1. The monoisotopic (exact) mass is 190 g/mol. The normalized spacial score (nSPS) is 18.5. The number of pyridine rings is 1. The average Bonchev–Trinajstić information content (AvgIpc) is 2.97. The molecule has 1 aliphatic rings. The van der Waals surface area contributed by atoms with Crippen LogP contribution in [0.3, 0.4) is 0 Å². The molecule has 1 N–H and O–H groups in total. The molecule has 1 aromatic rings. The maximum absolute atomic E-state index is 4.06. The van der Waals surface area contributed by atoms with Crippen molar-refractivity contribution in [2.45, 2.75) is 38.1 Å². The van der Waals surface area contributed by atoms with E-state index < -0.39 is 0 Å². The molecule has 0 saturated heterocycles. The number of hydrogen-bond acceptors (Lipinski definition) is 2. The SMILES string of the molecule is CC(C)NCC1(c2ccncc2)CC1. The molecule has 2 nitrogen and oxygen atoms in total. The summed E-state index contributed by atoms with van der Waals surface area (Å²) in [7, 11) is 0. The molecular weight excluding hydrogens is 172 g/mol. The molecule has 0 spiro atoms. The van der Waals surface area contributed by atoms with Gasteiger partial charge in [-0.1, -0.05) is 13.8 Å². The number of nitrogens with zero attached hydrogens (tertiary/aromatic N) is 1. The molecule has 14 heavy (non-hydrogen) atoms. The lowest BCUT2D eigenvalue weighted by Crippen LogP contribution is -2.31. The molecule has 0 amide bonds. The fraction of sp³-hybridized carbons (Fsp3) is 0.583. The van der Waals surface area contributed by atoms with Gasteiger partial charge in [-0.15, -0.1) is 0 Å². The van der Waals surface area contributed by atoms with Crippen LogP contribution in [0.15, 0.2) is 24.5 Å². The molecule has 1 saturated carbocycles. The summed E-state index contributed by atoms with van der Waals surface area (Å²) < 4.78 is 0. The third-order valence-corrected chi connectivity index (χ3v) is 2.99. The van der Waals surface area contributed by atoms with Crippen molar-refractivity contribution in [1.82, 2.24) is 10.3 Å². The zero-order valence-electron chi connectivity index (χ0n) is 8.96. The Balaban J connectivity index is 2.03. The van der Waals surface area contributed by atoms with Crippen LogP contribution in [0.25, 0.3) is 0 Å². The molecule has 76 valence electrons. The Bertz CT molecular complexity index is 288. The van der Waals surface area contributed by atoms with Crippen molar-refractivity contribution in [3.8, 4) is 0 Å². The lowest BCUT2D eigenvalue weighted by molar-refractivity contribution is 0.520. The van der Waals surface area contributed by atoms with Crippen LogP contribution < -0.4 is 5.32 Å². The fourth-order valence-electron chi connectivity index (χ4n) is 1.82. The van der Waals surface area contributed by atoms with Crippen LogP contribution in [-0.2, 0) is 5.41 Å². The van der Waals surface area contributed by atoms with E-state index in [1.54, 1.807) is 0 Å². The zero-order valence-corrected chi connectivity index (χ0v) is 8.96. The Kier molecular flexibility index (Phi) is 2.55. The highest BCUT2D eigenvalue weighted by Gasteiger charge is 2.43. The van der Waals surface area contributed by atoms with Crippen LogP contribution in [0.4, 0.5) is 0 Å². The van der Waals surface area contributed by atoms with Crippen LogP contribution >= 0.6 is 0 Å². The van der Waals surface area contributed by atoms with E-state index in [9.17, 15) is 0 Å². The quantitative estimate of drug-likeness (QED) is 0.786. The van der Waals surface area contributed by atoms with Crippen molar-refractivity contribution >= 4 is 0 Å². The lowest BCUT2D eigenvalue weighted by Gasteiger charge is -2.18. The molecule has 0 radical (unpaired) electrons. The van der Waals surface area contributed by atoms with E-state index >= 15 is 0 Å². The first-order chi connectivity index (χ1) is 6.73.